The normalized spacial score (nSPS) is 15.0. The van der Waals surface area contributed by atoms with Gasteiger partial charge in [0.15, 0.2) is 5.82 Å². The Morgan fingerprint density at radius 1 is 0.861 bits per heavy atom. The maximum atomic E-state index is 6.62. The van der Waals surface area contributed by atoms with Crippen LogP contribution in [-0.2, 0) is 5.54 Å². The number of para-hydroxylation sites is 1. The van der Waals surface area contributed by atoms with Gasteiger partial charge in [0.05, 0.1) is 22.8 Å². The highest BCUT2D eigenvalue weighted by Gasteiger charge is 2.34. The summed E-state index contributed by atoms with van der Waals surface area (Å²) in [5.74, 6) is 2.09. The van der Waals surface area contributed by atoms with Crippen molar-refractivity contribution in [3.63, 3.8) is 0 Å². The lowest BCUT2D eigenvalue weighted by atomic mass is 9.72. The number of pyridine rings is 2. The van der Waals surface area contributed by atoms with E-state index in [-0.39, 0.29) is 5.54 Å². The number of imidazole rings is 1. The second kappa shape index (κ2) is 7.76. The monoisotopic (exact) mass is 471 g/mol. The zero-order valence-corrected chi connectivity index (χ0v) is 19.6. The molecule has 3 aromatic heterocycles. The van der Waals surface area contributed by atoms with Crippen LogP contribution in [0.1, 0.15) is 24.8 Å². The maximum absolute atomic E-state index is 6.62. The molecule has 0 spiro atoms. The zero-order valence-electron chi connectivity index (χ0n) is 19.6. The second-order valence-corrected chi connectivity index (χ2v) is 9.57. The maximum Gasteiger partial charge on any atom is 0.154 e. The zero-order chi connectivity index (χ0) is 24.3. The van der Waals surface area contributed by atoms with E-state index in [9.17, 15) is 0 Å². The fourth-order valence-electron chi connectivity index (χ4n) is 5.24. The molecule has 1 saturated carbocycles. The van der Waals surface area contributed by atoms with Crippen LogP contribution < -0.4 is 16.8 Å². The Morgan fingerprint density at radius 2 is 1.67 bits per heavy atom. The first kappa shape index (κ1) is 20.8. The van der Waals surface area contributed by atoms with Crippen LogP contribution >= 0.6 is 0 Å². The van der Waals surface area contributed by atoms with Gasteiger partial charge in [-0.15, -0.1) is 0 Å². The van der Waals surface area contributed by atoms with Gasteiger partial charge in [0.2, 0.25) is 0 Å². The molecule has 1 aliphatic carbocycles. The third-order valence-electron chi connectivity index (χ3n) is 7.36. The fourth-order valence-corrected chi connectivity index (χ4v) is 5.24. The SMILES string of the molecule is Nc1ccc(-c2nc3n(c2-c2ccc(C4(N)CCC4)cc2)-c2cccnc2Nc2ccccc2-3)cn1. The van der Waals surface area contributed by atoms with E-state index >= 15 is 0 Å². The van der Waals surface area contributed by atoms with Crippen molar-refractivity contribution in [2.75, 3.05) is 11.1 Å². The smallest absolute Gasteiger partial charge is 0.154 e. The molecule has 5 N–H and O–H groups in total. The fraction of sp³-hybridized carbons (Fsp3) is 0.138. The molecule has 5 aromatic rings. The lowest BCUT2D eigenvalue weighted by Gasteiger charge is -2.38. The van der Waals surface area contributed by atoms with E-state index in [0.717, 1.165) is 63.9 Å². The Morgan fingerprint density at radius 3 is 2.42 bits per heavy atom. The van der Waals surface area contributed by atoms with Crippen LogP contribution in [0.2, 0.25) is 0 Å². The van der Waals surface area contributed by atoms with E-state index in [1.165, 1.54) is 12.0 Å². The number of nitrogens with one attached hydrogen (secondary N) is 1. The van der Waals surface area contributed by atoms with Crippen LogP contribution in [0.3, 0.4) is 0 Å². The largest absolute Gasteiger partial charge is 0.384 e. The molecule has 2 aliphatic rings. The molecule has 4 heterocycles. The Kier molecular flexibility index (Phi) is 4.49. The average molecular weight is 472 g/mol. The molecule has 0 radical (unpaired) electrons. The molecule has 7 heteroatoms. The van der Waals surface area contributed by atoms with Gasteiger partial charge < -0.3 is 16.8 Å². The van der Waals surface area contributed by atoms with Crippen LogP contribution in [0.25, 0.3) is 39.6 Å². The highest BCUT2D eigenvalue weighted by atomic mass is 15.2. The number of nitrogen functional groups attached to an aromatic ring is 1. The lowest BCUT2D eigenvalue weighted by Crippen LogP contribution is -2.43. The van der Waals surface area contributed by atoms with Crippen molar-refractivity contribution >= 4 is 17.3 Å². The first-order valence-electron chi connectivity index (χ1n) is 12.2. The highest BCUT2D eigenvalue weighted by Crippen LogP contribution is 2.45. The van der Waals surface area contributed by atoms with Crippen molar-refractivity contribution in [2.45, 2.75) is 24.8 Å². The predicted octanol–water partition coefficient (Wildman–Crippen LogP) is 5.64. The van der Waals surface area contributed by atoms with Crippen molar-refractivity contribution in [2.24, 2.45) is 5.73 Å². The summed E-state index contributed by atoms with van der Waals surface area (Å²) in [6.07, 6.45) is 6.82. The topological polar surface area (TPSA) is 108 Å². The van der Waals surface area contributed by atoms with Crippen molar-refractivity contribution in [3.8, 4) is 39.6 Å². The summed E-state index contributed by atoms with van der Waals surface area (Å²) in [4.78, 5) is 14.2. The minimum Gasteiger partial charge on any atom is -0.384 e. The molecular weight excluding hydrogens is 446 g/mol. The van der Waals surface area contributed by atoms with Crippen LogP contribution in [0.5, 0.6) is 0 Å². The van der Waals surface area contributed by atoms with Gasteiger partial charge in [-0.3, -0.25) is 4.57 Å². The van der Waals surface area contributed by atoms with E-state index in [2.05, 4.69) is 62.3 Å². The summed E-state index contributed by atoms with van der Waals surface area (Å²) >= 11 is 0. The molecule has 0 bridgehead atoms. The second-order valence-electron chi connectivity index (χ2n) is 9.57. The van der Waals surface area contributed by atoms with E-state index in [1.54, 1.807) is 12.4 Å². The van der Waals surface area contributed by atoms with Crippen LogP contribution in [0.4, 0.5) is 17.3 Å². The quantitative estimate of drug-likeness (QED) is 0.308. The van der Waals surface area contributed by atoms with E-state index in [1.807, 2.05) is 30.3 Å². The summed E-state index contributed by atoms with van der Waals surface area (Å²) in [5, 5.41) is 3.51. The van der Waals surface area contributed by atoms with E-state index in [0.29, 0.717) is 5.82 Å². The molecule has 1 aliphatic heterocycles. The van der Waals surface area contributed by atoms with E-state index < -0.39 is 0 Å². The number of fused-ring (bicyclic) bond motifs is 5. The van der Waals surface area contributed by atoms with Crippen molar-refractivity contribution in [1.82, 2.24) is 19.5 Å². The Bertz CT molecular complexity index is 1600. The molecule has 176 valence electrons. The number of anilines is 3. The van der Waals surface area contributed by atoms with Gasteiger partial charge >= 0.3 is 0 Å². The van der Waals surface area contributed by atoms with Crippen LogP contribution in [0, 0.1) is 0 Å². The van der Waals surface area contributed by atoms with Gasteiger partial charge in [0.25, 0.3) is 0 Å². The van der Waals surface area contributed by atoms with Gasteiger partial charge in [-0.05, 0) is 61.2 Å². The van der Waals surface area contributed by atoms with E-state index in [4.69, 9.17) is 16.5 Å². The summed E-state index contributed by atoms with van der Waals surface area (Å²) in [6.45, 7) is 0. The Balaban J connectivity index is 1.53. The number of nitrogens with two attached hydrogens (primary N) is 2. The van der Waals surface area contributed by atoms with Gasteiger partial charge in [-0.1, -0.05) is 36.4 Å². The number of aromatic nitrogens is 4. The van der Waals surface area contributed by atoms with Crippen LogP contribution in [-0.4, -0.2) is 19.5 Å². The summed E-state index contributed by atoms with van der Waals surface area (Å²) in [7, 11) is 0. The molecule has 2 aromatic carbocycles. The molecule has 1 fully saturated rings. The highest BCUT2D eigenvalue weighted by molar-refractivity contribution is 5.90. The number of benzene rings is 2. The summed E-state index contributed by atoms with van der Waals surface area (Å²) in [6, 6.07) is 24.6. The number of hydrogen-bond acceptors (Lipinski definition) is 6. The first-order chi connectivity index (χ1) is 17.6. The van der Waals surface area contributed by atoms with Crippen molar-refractivity contribution < 1.29 is 0 Å². The van der Waals surface area contributed by atoms with Gasteiger partial charge in [-0.25, -0.2) is 15.0 Å². The molecule has 0 saturated heterocycles. The third kappa shape index (κ3) is 3.13. The molecular formula is C29H25N7. The predicted molar refractivity (Wildman–Crippen MR) is 143 cm³/mol. The Hall–Kier alpha value is -4.49. The first-order valence-corrected chi connectivity index (χ1v) is 12.2. The third-order valence-corrected chi connectivity index (χ3v) is 7.36. The molecule has 0 atom stereocenters. The molecule has 0 unspecified atom stereocenters. The molecule has 36 heavy (non-hydrogen) atoms. The van der Waals surface area contributed by atoms with Gasteiger partial charge in [0.1, 0.15) is 11.6 Å². The molecule has 7 nitrogen and oxygen atoms in total. The number of hydrogen-bond donors (Lipinski definition) is 3. The minimum atomic E-state index is -0.212. The molecule has 0 amide bonds. The standard InChI is InChI=1S/C29H25N7/c30-24-13-10-19(17-33-24)25-26(18-8-11-20(12-9-18)29(31)14-4-15-29)36-23-7-3-16-32-27(23)34-22-6-2-1-5-21(22)28(36)35-25/h1-3,5-13,16-17H,4,14-15,31H2,(H2,30,33)(H,32,34). The van der Waals surface area contributed by atoms with Gasteiger partial charge in [-0.2, -0.15) is 0 Å². The average Bonchev–Trinajstić information content (AvgIpc) is 3.22. The van der Waals surface area contributed by atoms with Crippen LogP contribution in [0.15, 0.2) is 85.2 Å². The van der Waals surface area contributed by atoms with Crippen molar-refractivity contribution in [1.29, 1.82) is 0 Å². The molecule has 7 rings (SSSR count). The Labute approximate surface area is 208 Å². The summed E-state index contributed by atoms with van der Waals surface area (Å²) in [5.41, 5.74) is 20.1. The van der Waals surface area contributed by atoms with Gasteiger partial charge in [0, 0.05) is 34.6 Å². The summed E-state index contributed by atoms with van der Waals surface area (Å²) < 4.78 is 2.20. The number of rotatable bonds is 3. The number of nitrogens with zero attached hydrogens (tertiary/aromatic N) is 4. The lowest BCUT2D eigenvalue weighted by molar-refractivity contribution is 0.253. The minimum absolute atomic E-state index is 0.212. The van der Waals surface area contributed by atoms with Crippen molar-refractivity contribution in [3.05, 3.63) is 90.8 Å².